The number of rotatable bonds is 6. The molecule has 3 nitrogen and oxygen atoms in total. The zero-order valence-corrected chi connectivity index (χ0v) is 15.8. The monoisotopic (exact) mass is 376 g/mol. The van der Waals surface area contributed by atoms with E-state index in [2.05, 4.69) is 0 Å². The van der Waals surface area contributed by atoms with Gasteiger partial charge < -0.3 is 4.74 Å². The SMILES string of the molecule is CC(=O)C(C(=O)OCc1ccccc1)=S(c1ccccc1)c1ccccc1. The molecule has 0 saturated carbocycles. The smallest absolute Gasteiger partial charge is 0.348 e. The van der Waals surface area contributed by atoms with Gasteiger partial charge in [-0.05, 0) is 36.8 Å². The first kappa shape index (κ1) is 18.8. The number of Topliss-reactive ketones (excluding diaryl/α,β-unsaturated/α-hetero) is 1. The van der Waals surface area contributed by atoms with E-state index in [-0.39, 0.29) is 17.3 Å². The summed E-state index contributed by atoms with van der Waals surface area (Å²) in [6.45, 7) is 1.56. The predicted molar refractivity (Wildman–Crippen MR) is 109 cm³/mol. The van der Waals surface area contributed by atoms with Crippen molar-refractivity contribution in [2.75, 3.05) is 0 Å². The number of esters is 1. The normalized spacial score (nSPS) is 10.4. The van der Waals surface area contributed by atoms with E-state index >= 15 is 0 Å². The molecular formula is C23H20O3S. The van der Waals surface area contributed by atoms with Crippen LogP contribution in [0.2, 0.25) is 0 Å². The van der Waals surface area contributed by atoms with Crippen molar-refractivity contribution in [1.29, 1.82) is 0 Å². The molecule has 0 aliphatic carbocycles. The molecule has 0 aromatic heterocycles. The lowest BCUT2D eigenvalue weighted by Gasteiger charge is -2.15. The summed E-state index contributed by atoms with van der Waals surface area (Å²) in [6.07, 6.45) is 0. The first-order valence-corrected chi connectivity index (χ1v) is 9.82. The van der Waals surface area contributed by atoms with Gasteiger partial charge in [-0.1, -0.05) is 66.7 Å². The predicted octanol–water partition coefficient (Wildman–Crippen LogP) is 4.88. The largest absolute Gasteiger partial charge is 0.457 e. The van der Waals surface area contributed by atoms with E-state index < -0.39 is 16.5 Å². The summed E-state index contributed by atoms with van der Waals surface area (Å²) in [4.78, 5) is 27.3. The molecule has 136 valence electrons. The molecular weight excluding hydrogens is 356 g/mol. The number of carbonyl (C=O) groups excluding carboxylic acids is 2. The molecule has 3 aromatic rings. The average molecular weight is 376 g/mol. The zero-order valence-electron chi connectivity index (χ0n) is 15.0. The summed E-state index contributed by atoms with van der Waals surface area (Å²) in [7, 11) is -0.815. The van der Waals surface area contributed by atoms with E-state index in [1.807, 2.05) is 91.0 Å². The van der Waals surface area contributed by atoms with Crippen molar-refractivity contribution in [3.63, 3.8) is 0 Å². The molecule has 0 amide bonds. The summed E-state index contributed by atoms with van der Waals surface area (Å²) >= 11 is 0. The van der Waals surface area contributed by atoms with Crippen LogP contribution in [0.3, 0.4) is 0 Å². The van der Waals surface area contributed by atoms with Crippen LogP contribution < -0.4 is 0 Å². The standard InChI is InChI=1S/C23H20O3S/c1-18(24)22(23(25)26-17-19-11-5-2-6-12-19)27(20-13-7-3-8-14-20)21-15-9-4-10-16-21/h2-16H,17H2,1H3. The van der Waals surface area contributed by atoms with Gasteiger partial charge in [0.25, 0.3) is 0 Å². The van der Waals surface area contributed by atoms with Gasteiger partial charge in [0.2, 0.25) is 0 Å². The first-order chi connectivity index (χ1) is 13.2. The Morgan fingerprint density at radius 1 is 0.741 bits per heavy atom. The molecule has 0 radical (unpaired) electrons. The topological polar surface area (TPSA) is 43.4 Å². The summed E-state index contributed by atoms with van der Waals surface area (Å²) < 4.78 is 5.49. The molecule has 0 bridgehead atoms. The lowest BCUT2D eigenvalue weighted by atomic mass is 10.2. The second kappa shape index (κ2) is 9.10. The van der Waals surface area contributed by atoms with E-state index in [1.54, 1.807) is 0 Å². The average Bonchev–Trinajstić information content (AvgIpc) is 2.72. The third kappa shape index (κ3) is 4.80. The maximum absolute atomic E-state index is 12.9. The second-order valence-electron chi connectivity index (χ2n) is 5.88. The molecule has 0 saturated heterocycles. The van der Waals surface area contributed by atoms with Crippen molar-refractivity contribution >= 4 is 27.1 Å². The Hall–Kier alpha value is -2.98. The molecule has 4 heteroatoms. The van der Waals surface area contributed by atoms with E-state index in [0.29, 0.717) is 0 Å². The molecule has 0 spiro atoms. The van der Waals surface area contributed by atoms with Crippen molar-refractivity contribution in [3.05, 3.63) is 96.6 Å². The van der Waals surface area contributed by atoms with Crippen LogP contribution in [0.25, 0.3) is 0 Å². The van der Waals surface area contributed by atoms with Gasteiger partial charge in [-0.15, -0.1) is 10.5 Å². The van der Waals surface area contributed by atoms with Crippen LogP contribution in [0.4, 0.5) is 0 Å². The molecule has 0 N–H and O–H groups in total. The minimum absolute atomic E-state index is 0.136. The Labute approximate surface area is 161 Å². The van der Waals surface area contributed by atoms with Crippen LogP contribution in [0, 0.1) is 0 Å². The van der Waals surface area contributed by atoms with Gasteiger partial charge in [-0.2, -0.15) is 0 Å². The molecule has 0 aliphatic heterocycles. The van der Waals surface area contributed by atoms with Gasteiger partial charge in [0.15, 0.2) is 5.78 Å². The third-order valence-electron chi connectivity index (χ3n) is 3.88. The minimum Gasteiger partial charge on any atom is -0.457 e. The number of carbonyl (C=O) groups is 2. The van der Waals surface area contributed by atoms with Gasteiger partial charge in [-0.25, -0.2) is 4.79 Å². The van der Waals surface area contributed by atoms with Crippen LogP contribution in [0.5, 0.6) is 0 Å². The lowest BCUT2D eigenvalue weighted by Crippen LogP contribution is -2.24. The Morgan fingerprint density at radius 3 is 1.63 bits per heavy atom. The molecule has 0 heterocycles. The van der Waals surface area contributed by atoms with Crippen molar-refractivity contribution in [2.24, 2.45) is 0 Å². The highest BCUT2D eigenvalue weighted by molar-refractivity contribution is 8.18. The zero-order chi connectivity index (χ0) is 19.1. The fourth-order valence-electron chi connectivity index (χ4n) is 2.64. The Kier molecular flexibility index (Phi) is 6.34. The maximum atomic E-state index is 12.9. The van der Waals surface area contributed by atoms with E-state index in [1.165, 1.54) is 6.92 Å². The molecule has 0 unspecified atom stereocenters. The van der Waals surface area contributed by atoms with E-state index in [9.17, 15) is 9.59 Å². The number of benzene rings is 3. The summed E-state index contributed by atoms with van der Waals surface area (Å²) in [5.74, 6) is -0.841. The third-order valence-corrected chi connectivity index (χ3v) is 6.23. The highest BCUT2D eigenvalue weighted by Crippen LogP contribution is 2.37. The van der Waals surface area contributed by atoms with Crippen LogP contribution in [-0.2, 0) is 20.9 Å². The van der Waals surface area contributed by atoms with Crippen molar-refractivity contribution in [1.82, 2.24) is 0 Å². The number of hydrogen-bond acceptors (Lipinski definition) is 3. The van der Waals surface area contributed by atoms with Gasteiger partial charge >= 0.3 is 5.97 Å². The first-order valence-electron chi connectivity index (χ1n) is 8.60. The van der Waals surface area contributed by atoms with Gasteiger partial charge in [0.05, 0.1) is 0 Å². The summed E-state index contributed by atoms with van der Waals surface area (Å²) in [5, 5.41) is 0. The lowest BCUT2D eigenvalue weighted by molar-refractivity contribution is -0.137. The molecule has 0 atom stereocenters. The molecule has 27 heavy (non-hydrogen) atoms. The Balaban J connectivity index is 2.04. The van der Waals surface area contributed by atoms with E-state index in [0.717, 1.165) is 15.4 Å². The number of ether oxygens (including phenoxy) is 1. The van der Waals surface area contributed by atoms with Crippen molar-refractivity contribution in [2.45, 2.75) is 23.3 Å². The van der Waals surface area contributed by atoms with Crippen molar-refractivity contribution < 1.29 is 14.3 Å². The Bertz CT molecular complexity index is 907. The van der Waals surface area contributed by atoms with Gasteiger partial charge in [0.1, 0.15) is 11.5 Å². The van der Waals surface area contributed by atoms with Crippen LogP contribution in [-0.4, -0.2) is 16.6 Å². The van der Waals surface area contributed by atoms with Crippen LogP contribution >= 0.6 is 10.5 Å². The van der Waals surface area contributed by atoms with Crippen molar-refractivity contribution in [3.8, 4) is 0 Å². The maximum Gasteiger partial charge on any atom is 0.348 e. The number of ketones is 1. The summed E-state index contributed by atoms with van der Waals surface area (Å²) in [6, 6.07) is 28.6. The molecule has 0 fully saturated rings. The van der Waals surface area contributed by atoms with Crippen LogP contribution in [0.15, 0.2) is 101 Å². The van der Waals surface area contributed by atoms with E-state index in [4.69, 9.17) is 4.74 Å². The quantitative estimate of drug-likeness (QED) is 0.350. The van der Waals surface area contributed by atoms with Gasteiger partial charge in [0, 0.05) is 9.79 Å². The second-order valence-corrected chi connectivity index (χ2v) is 7.84. The molecule has 3 rings (SSSR count). The Morgan fingerprint density at radius 2 is 1.19 bits per heavy atom. The minimum atomic E-state index is -0.815. The number of hydrogen-bond donors (Lipinski definition) is 0. The highest BCUT2D eigenvalue weighted by atomic mass is 32.2. The van der Waals surface area contributed by atoms with Gasteiger partial charge in [-0.3, -0.25) is 4.79 Å². The van der Waals surface area contributed by atoms with Crippen LogP contribution in [0.1, 0.15) is 12.5 Å². The molecule has 0 aliphatic rings. The molecule has 3 aromatic carbocycles. The summed E-state index contributed by atoms with van der Waals surface area (Å²) in [5.41, 5.74) is 0.882. The highest BCUT2D eigenvalue weighted by Gasteiger charge is 2.23. The fourth-order valence-corrected chi connectivity index (χ4v) is 4.76. The fraction of sp³-hybridized carbons (Fsp3) is 0.0870.